The summed E-state index contributed by atoms with van der Waals surface area (Å²) < 4.78 is 5.38. The Kier molecular flexibility index (Phi) is 7.50. The molecule has 0 saturated heterocycles. The minimum absolute atomic E-state index is 0.0381. The molecule has 3 N–H and O–H groups in total. The predicted molar refractivity (Wildman–Crippen MR) is 80.2 cm³/mol. The van der Waals surface area contributed by atoms with E-state index in [2.05, 4.69) is 10.6 Å². The molecule has 0 bridgehead atoms. The monoisotopic (exact) mass is 300 g/mol. The number of nitrogens with one attached hydrogen (secondary N) is 2. The van der Waals surface area contributed by atoms with Crippen LogP contribution in [0.4, 0.5) is 4.79 Å². The molecule has 0 aromatic heterocycles. The van der Waals surface area contributed by atoms with E-state index in [0.717, 1.165) is 12.8 Å². The Bertz CT molecular complexity index is 347. The SMILES string of the molecule is CCOCC(NC(=O)NC1CCCC(C(=O)O)C1)C(C)C. The Balaban J connectivity index is 2.42. The van der Waals surface area contributed by atoms with Gasteiger partial charge in [-0.1, -0.05) is 20.3 Å². The Morgan fingerprint density at radius 1 is 1.33 bits per heavy atom. The standard InChI is InChI=1S/C15H28N2O4/c1-4-21-9-13(10(2)3)17-15(20)16-12-7-5-6-11(8-12)14(18)19/h10-13H,4-9H2,1-3H3,(H,18,19)(H2,16,17,20). The van der Waals surface area contributed by atoms with Crippen molar-refractivity contribution in [2.45, 2.75) is 58.5 Å². The zero-order valence-corrected chi connectivity index (χ0v) is 13.2. The summed E-state index contributed by atoms with van der Waals surface area (Å²) in [6, 6.07) is -0.326. The maximum absolute atomic E-state index is 12.0. The molecule has 1 aliphatic rings. The van der Waals surface area contributed by atoms with Crippen molar-refractivity contribution in [2.24, 2.45) is 11.8 Å². The average molecular weight is 300 g/mol. The number of carboxylic acids is 1. The van der Waals surface area contributed by atoms with Gasteiger partial charge in [0.2, 0.25) is 0 Å². The summed E-state index contributed by atoms with van der Waals surface area (Å²) in [5, 5.41) is 14.9. The van der Waals surface area contributed by atoms with E-state index in [1.54, 1.807) is 0 Å². The molecule has 6 nitrogen and oxygen atoms in total. The number of hydrogen-bond donors (Lipinski definition) is 3. The summed E-state index contributed by atoms with van der Waals surface area (Å²) >= 11 is 0. The second kappa shape index (κ2) is 8.87. The van der Waals surface area contributed by atoms with E-state index in [0.29, 0.717) is 26.1 Å². The summed E-state index contributed by atoms with van der Waals surface area (Å²) in [5.41, 5.74) is 0. The number of hydrogen-bond acceptors (Lipinski definition) is 3. The molecule has 0 aromatic rings. The second-order valence-corrected chi connectivity index (χ2v) is 6.03. The Morgan fingerprint density at radius 2 is 2.05 bits per heavy atom. The van der Waals surface area contributed by atoms with E-state index in [1.165, 1.54) is 0 Å². The van der Waals surface area contributed by atoms with E-state index >= 15 is 0 Å². The van der Waals surface area contributed by atoms with E-state index in [1.807, 2.05) is 20.8 Å². The minimum Gasteiger partial charge on any atom is -0.481 e. The molecule has 1 aliphatic carbocycles. The summed E-state index contributed by atoms with van der Waals surface area (Å²) in [7, 11) is 0. The van der Waals surface area contributed by atoms with Crippen molar-refractivity contribution in [3.63, 3.8) is 0 Å². The van der Waals surface area contributed by atoms with Crippen LogP contribution in [0.15, 0.2) is 0 Å². The molecule has 0 aliphatic heterocycles. The highest BCUT2D eigenvalue weighted by atomic mass is 16.5. The summed E-state index contributed by atoms with van der Waals surface area (Å²) in [5.74, 6) is -0.827. The molecule has 3 atom stereocenters. The number of urea groups is 1. The van der Waals surface area contributed by atoms with Crippen LogP contribution >= 0.6 is 0 Å². The molecule has 0 radical (unpaired) electrons. The molecule has 2 amide bonds. The number of amides is 2. The first-order valence-corrected chi connectivity index (χ1v) is 7.81. The largest absolute Gasteiger partial charge is 0.481 e. The minimum atomic E-state index is -0.765. The Labute approximate surface area is 126 Å². The lowest BCUT2D eigenvalue weighted by molar-refractivity contribution is -0.143. The number of aliphatic carboxylic acids is 1. The van der Waals surface area contributed by atoms with Crippen LogP contribution in [0.25, 0.3) is 0 Å². The van der Waals surface area contributed by atoms with E-state index in [-0.39, 0.29) is 30.0 Å². The van der Waals surface area contributed by atoms with Gasteiger partial charge in [-0.05, 0) is 32.1 Å². The molecule has 21 heavy (non-hydrogen) atoms. The molecule has 122 valence electrons. The van der Waals surface area contributed by atoms with Gasteiger partial charge >= 0.3 is 12.0 Å². The second-order valence-electron chi connectivity index (χ2n) is 6.03. The van der Waals surface area contributed by atoms with Gasteiger partial charge in [0.25, 0.3) is 0 Å². The smallest absolute Gasteiger partial charge is 0.315 e. The van der Waals surface area contributed by atoms with Gasteiger partial charge in [-0.15, -0.1) is 0 Å². The predicted octanol–water partition coefficient (Wildman–Crippen LogP) is 1.99. The highest BCUT2D eigenvalue weighted by molar-refractivity contribution is 5.75. The average Bonchev–Trinajstić information content (AvgIpc) is 2.43. The van der Waals surface area contributed by atoms with Gasteiger partial charge in [0.1, 0.15) is 0 Å². The van der Waals surface area contributed by atoms with E-state index in [9.17, 15) is 9.59 Å². The quantitative estimate of drug-likeness (QED) is 0.671. The lowest BCUT2D eigenvalue weighted by Gasteiger charge is -2.29. The maximum atomic E-state index is 12.0. The topological polar surface area (TPSA) is 87.7 Å². The third-order valence-corrected chi connectivity index (χ3v) is 3.98. The van der Waals surface area contributed by atoms with Crippen molar-refractivity contribution in [1.29, 1.82) is 0 Å². The highest BCUT2D eigenvalue weighted by Gasteiger charge is 2.28. The Hall–Kier alpha value is -1.30. The van der Waals surface area contributed by atoms with Crippen LogP contribution < -0.4 is 10.6 Å². The lowest BCUT2D eigenvalue weighted by atomic mass is 9.86. The third kappa shape index (κ3) is 6.33. The zero-order chi connectivity index (χ0) is 15.8. The van der Waals surface area contributed by atoms with Gasteiger partial charge in [0.15, 0.2) is 0 Å². The van der Waals surface area contributed by atoms with Crippen LogP contribution in [-0.2, 0) is 9.53 Å². The molecular weight excluding hydrogens is 272 g/mol. The molecule has 1 saturated carbocycles. The van der Waals surface area contributed by atoms with E-state index < -0.39 is 5.97 Å². The van der Waals surface area contributed by atoms with Crippen molar-refractivity contribution >= 4 is 12.0 Å². The summed E-state index contributed by atoms with van der Waals surface area (Å²) in [6.45, 7) is 7.10. The number of carbonyl (C=O) groups excluding carboxylic acids is 1. The van der Waals surface area contributed by atoms with Crippen LogP contribution in [0.1, 0.15) is 46.5 Å². The van der Waals surface area contributed by atoms with Gasteiger partial charge in [-0.2, -0.15) is 0 Å². The number of rotatable bonds is 7. The van der Waals surface area contributed by atoms with Crippen LogP contribution in [-0.4, -0.2) is 42.4 Å². The van der Waals surface area contributed by atoms with Gasteiger partial charge in [0.05, 0.1) is 18.6 Å². The highest BCUT2D eigenvalue weighted by Crippen LogP contribution is 2.24. The first-order chi connectivity index (χ1) is 9.93. The van der Waals surface area contributed by atoms with Crippen molar-refractivity contribution in [3.05, 3.63) is 0 Å². The number of carbonyl (C=O) groups is 2. The molecule has 1 rings (SSSR count). The molecule has 0 heterocycles. The number of ether oxygens (including phenoxy) is 1. The van der Waals surface area contributed by atoms with Crippen LogP contribution in [0.3, 0.4) is 0 Å². The first-order valence-electron chi connectivity index (χ1n) is 7.81. The molecule has 0 spiro atoms. The zero-order valence-electron chi connectivity index (χ0n) is 13.2. The van der Waals surface area contributed by atoms with Crippen molar-refractivity contribution < 1.29 is 19.4 Å². The van der Waals surface area contributed by atoms with Gasteiger partial charge in [-0.25, -0.2) is 4.79 Å². The number of carboxylic acid groups (broad SMARTS) is 1. The molecule has 1 fully saturated rings. The summed E-state index contributed by atoms with van der Waals surface area (Å²) in [4.78, 5) is 23.1. The molecule has 0 aromatic carbocycles. The molecule has 3 unspecified atom stereocenters. The molecule has 6 heteroatoms. The lowest BCUT2D eigenvalue weighted by Crippen LogP contribution is -2.50. The van der Waals surface area contributed by atoms with Gasteiger partial charge in [-0.3, -0.25) is 4.79 Å². The van der Waals surface area contributed by atoms with Gasteiger partial charge in [0, 0.05) is 12.6 Å². The third-order valence-electron chi connectivity index (χ3n) is 3.98. The van der Waals surface area contributed by atoms with E-state index in [4.69, 9.17) is 9.84 Å². The Morgan fingerprint density at radius 3 is 2.62 bits per heavy atom. The normalized spacial score (nSPS) is 23.6. The maximum Gasteiger partial charge on any atom is 0.315 e. The summed E-state index contributed by atoms with van der Waals surface area (Å²) in [6.07, 6.45) is 2.90. The fraction of sp³-hybridized carbons (Fsp3) is 0.867. The van der Waals surface area contributed by atoms with Crippen molar-refractivity contribution in [3.8, 4) is 0 Å². The molecular formula is C15H28N2O4. The fourth-order valence-electron chi connectivity index (χ4n) is 2.59. The van der Waals surface area contributed by atoms with Crippen molar-refractivity contribution in [2.75, 3.05) is 13.2 Å². The van der Waals surface area contributed by atoms with Crippen molar-refractivity contribution in [1.82, 2.24) is 10.6 Å². The van der Waals surface area contributed by atoms with Crippen LogP contribution in [0.5, 0.6) is 0 Å². The fourth-order valence-corrected chi connectivity index (χ4v) is 2.59. The van der Waals surface area contributed by atoms with Crippen LogP contribution in [0.2, 0.25) is 0 Å². The first kappa shape index (κ1) is 17.8. The van der Waals surface area contributed by atoms with Crippen LogP contribution in [0, 0.1) is 11.8 Å². The van der Waals surface area contributed by atoms with Gasteiger partial charge < -0.3 is 20.5 Å².